The van der Waals surface area contributed by atoms with E-state index in [1.807, 2.05) is 6.92 Å². The average molecular weight is 229 g/mol. The van der Waals surface area contributed by atoms with Crippen LogP contribution >= 0.6 is 0 Å². The molecule has 0 amide bonds. The minimum atomic E-state index is -0.706. The molecular formula is C13H27NO2. The molecule has 0 atom stereocenters. The van der Waals surface area contributed by atoms with Gasteiger partial charge in [-0.3, -0.25) is 4.79 Å². The van der Waals surface area contributed by atoms with Crippen molar-refractivity contribution in [2.24, 2.45) is 11.8 Å². The Morgan fingerprint density at radius 2 is 1.62 bits per heavy atom. The molecule has 0 aliphatic rings. The highest BCUT2D eigenvalue weighted by Gasteiger charge is 2.33. The van der Waals surface area contributed by atoms with Crippen molar-refractivity contribution in [3.05, 3.63) is 0 Å². The molecule has 0 aliphatic carbocycles. The van der Waals surface area contributed by atoms with Crippen LogP contribution in [0.5, 0.6) is 0 Å². The zero-order chi connectivity index (χ0) is 12.8. The van der Waals surface area contributed by atoms with Crippen LogP contribution in [0, 0.1) is 11.8 Å². The molecule has 0 rings (SSSR count). The van der Waals surface area contributed by atoms with Crippen LogP contribution in [0.3, 0.4) is 0 Å². The first-order valence-corrected chi connectivity index (χ1v) is 6.28. The van der Waals surface area contributed by atoms with Gasteiger partial charge in [0, 0.05) is 5.54 Å². The van der Waals surface area contributed by atoms with Crippen molar-refractivity contribution in [2.75, 3.05) is 6.54 Å². The van der Waals surface area contributed by atoms with Crippen molar-refractivity contribution >= 4 is 5.97 Å². The molecule has 0 saturated heterocycles. The van der Waals surface area contributed by atoms with E-state index < -0.39 is 5.97 Å². The number of carboxylic acid groups (broad SMARTS) is 1. The maximum atomic E-state index is 11.0. The van der Waals surface area contributed by atoms with Gasteiger partial charge in [-0.25, -0.2) is 0 Å². The van der Waals surface area contributed by atoms with Gasteiger partial charge in [0.05, 0.1) is 6.42 Å². The second kappa shape index (κ2) is 6.89. The summed E-state index contributed by atoms with van der Waals surface area (Å²) in [5, 5.41) is 12.5. The lowest BCUT2D eigenvalue weighted by molar-refractivity contribution is -0.139. The monoisotopic (exact) mass is 229 g/mol. The molecule has 0 heterocycles. The van der Waals surface area contributed by atoms with Gasteiger partial charge in [-0.1, -0.05) is 34.6 Å². The zero-order valence-corrected chi connectivity index (χ0v) is 11.3. The number of aliphatic carboxylic acids is 1. The van der Waals surface area contributed by atoms with Crippen molar-refractivity contribution in [3.8, 4) is 0 Å². The third-order valence-corrected chi connectivity index (χ3v) is 2.64. The maximum Gasteiger partial charge on any atom is 0.305 e. The van der Waals surface area contributed by atoms with Crippen LogP contribution in [0.15, 0.2) is 0 Å². The minimum absolute atomic E-state index is 0.219. The largest absolute Gasteiger partial charge is 0.481 e. The van der Waals surface area contributed by atoms with Crippen LogP contribution in [-0.2, 0) is 4.79 Å². The van der Waals surface area contributed by atoms with Gasteiger partial charge >= 0.3 is 5.97 Å². The lowest BCUT2D eigenvalue weighted by atomic mass is 9.79. The Balaban J connectivity index is 4.79. The summed E-state index contributed by atoms with van der Waals surface area (Å²) < 4.78 is 0. The fourth-order valence-corrected chi connectivity index (χ4v) is 2.66. The van der Waals surface area contributed by atoms with E-state index in [0.29, 0.717) is 11.8 Å². The number of hydrogen-bond acceptors (Lipinski definition) is 2. The van der Waals surface area contributed by atoms with Crippen LogP contribution in [0.25, 0.3) is 0 Å². The van der Waals surface area contributed by atoms with Crippen LogP contribution in [0.1, 0.15) is 53.9 Å². The number of carbonyl (C=O) groups is 1. The van der Waals surface area contributed by atoms with Gasteiger partial charge in [0.2, 0.25) is 0 Å². The van der Waals surface area contributed by atoms with Crippen molar-refractivity contribution in [1.82, 2.24) is 5.32 Å². The Kier molecular flexibility index (Phi) is 6.65. The van der Waals surface area contributed by atoms with Crippen LogP contribution in [0.4, 0.5) is 0 Å². The summed E-state index contributed by atoms with van der Waals surface area (Å²) in [6.45, 7) is 11.5. The van der Waals surface area contributed by atoms with E-state index in [1.54, 1.807) is 0 Å². The van der Waals surface area contributed by atoms with Crippen LogP contribution < -0.4 is 5.32 Å². The van der Waals surface area contributed by atoms with Gasteiger partial charge in [-0.05, 0) is 31.2 Å². The molecule has 0 aromatic heterocycles. The fraction of sp³-hybridized carbons (Fsp3) is 0.923. The van der Waals surface area contributed by atoms with Crippen molar-refractivity contribution in [1.29, 1.82) is 0 Å². The second-order valence-electron chi connectivity index (χ2n) is 5.58. The van der Waals surface area contributed by atoms with Crippen LogP contribution in [-0.4, -0.2) is 23.2 Å². The Morgan fingerprint density at radius 3 is 1.88 bits per heavy atom. The Hall–Kier alpha value is -0.570. The smallest absolute Gasteiger partial charge is 0.305 e. The Labute approximate surface area is 99.6 Å². The zero-order valence-electron chi connectivity index (χ0n) is 11.3. The quantitative estimate of drug-likeness (QED) is 0.673. The normalized spacial score (nSPS) is 12.4. The topological polar surface area (TPSA) is 49.3 Å². The molecule has 16 heavy (non-hydrogen) atoms. The summed E-state index contributed by atoms with van der Waals surface area (Å²) in [7, 11) is 0. The SMILES string of the molecule is CCNC(CC(=O)O)(CC(C)C)CC(C)C. The van der Waals surface area contributed by atoms with Crippen molar-refractivity contribution < 1.29 is 9.90 Å². The van der Waals surface area contributed by atoms with E-state index >= 15 is 0 Å². The standard InChI is InChI=1S/C13H27NO2/c1-6-14-13(7-10(2)3,8-11(4)5)9-12(15)16/h10-11,14H,6-9H2,1-5H3,(H,15,16). The van der Waals surface area contributed by atoms with Gasteiger partial charge in [-0.15, -0.1) is 0 Å². The fourth-order valence-electron chi connectivity index (χ4n) is 2.66. The van der Waals surface area contributed by atoms with E-state index in [9.17, 15) is 4.79 Å². The Morgan fingerprint density at radius 1 is 1.19 bits per heavy atom. The summed E-state index contributed by atoms with van der Waals surface area (Å²) in [5.74, 6) is 0.316. The van der Waals surface area contributed by atoms with Gasteiger partial charge in [-0.2, -0.15) is 0 Å². The first-order valence-electron chi connectivity index (χ1n) is 6.28. The summed E-state index contributed by atoms with van der Waals surface area (Å²) >= 11 is 0. The van der Waals surface area contributed by atoms with E-state index in [1.165, 1.54) is 0 Å². The molecule has 0 aromatic rings. The second-order valence-corrected chi connectivity index (χ2v) is 5.58. The molecule has 0 radical (unpaired) electrons. The highest BCUT2D eigenvalue weighted by atomic mass is 16.4. The van der Waals surface area contributed by atoms with Gasteiger partial charge in [0.1, 0.15) is 0 Å². The van der Waals surface area contributed by atoms with Crippen molar-refractivity contribution in [2.45, 2.75) is 59.4 Å². The maximum absolute atomic E-state index is 11.0. The first-order chi connectivity index (χ1) is 7.31. The van der Waals surface area contributed by atoms with Crippen LogP contribution in [0.2, 0.25) is 0 Å². The molecule has 96 valence electrons. The highest BCUT2D eigenvalue weighted by molar-refractivity contribution is 5.68. The molecule has 0 spiro atoms. The Bertz CT molecular complexity index is 202. The van der Waals surface area contributed by atoms with E-state index in [-0.39, 0.29) is 12.0 Å². The molecular weight excluding hydrogens is 202 g/mol. The molecule has 0 saturated carbocycles. The van der Waals surface area contributed by atoms with Gasteiger partial charge < -0.3 is 10.4 Å². The van der Waals surface area contributed by atoms with E-state index in [2.05, 4.69) is 33.0 Å². The summed E-state index contributed by atoms with van der Waals surface area (Å²) in [6, 6.07) is 0. The molecule has 0 aromatic carbocycles. The summed E-state index contributed by atoms with van der Waals surface area (Å²) in [4.78, 5) is 11.0. The molecule has 0 aliphatic heterocycles. The lowest BCUT2D eigenvalue weighted by Crippen LogP contribution is -2.48. The molecule has 3 heteroatoms. The lowest BCUT2D eigenvalue weighted by Gasteiger charge is -2.36. The molecule has 0 unspecified atom stereocenters. The van der Waals surface area contributed by atoms with E-state index in [4.69, 9.17) is 5.11 Å². The summed E-state index contributed by atoms with van der Waals surface area (Å²) in [6.07, 6.45) is 2.06. The van der Waals surface area contributed by atoms with Gasteiger partial charge in [0.25, 0.3) is 0 Å². The van der Waals surface area contributed by atoms with E-state index in [0.717, 1.165) is 19.4 Å². The molecule has 0 fully saturated rings. The highest BCUT2D eigenvalue weighted by Crippen LogP contribution is 2.28. The molecule has 3 nitrogen and oxygen atoms in total. The minimum Gasteiger partial charge on any atom is -0.481 e. The van der Waals surface area contributed by atoms with Crippen molar-refractivity contribution in [3.63, 3.8) is 0 Å². The molecule has 2 N–H and O–H groups in total. The number of rotatable bonds is 8. The average Bonchev–Trinajstić information content (AvgIpc) is 1.98. The number of hydrogen-bond donors (Lipinski definition) is 2. The number of nitrogens with one attached hydrogen (secondary N) is 1. The third-order valence-electron chi connectivity index (χ3n) is 2.64. The molecule has 0 bridgehead atoms. The predicted octanol–water partition coefficient (Wildman–Crippen LogP) is 2.90. The third kappa shape index (κ3) is 6.11. The number of carboxylic acids is 1. The van der Waals surface area contributed by atoms with Gasteiger partial charge in [0.15, 0.2) is 0 Å². The predicted molar refractivity (Wildman–Crippen MR) is 67.6 cm³/mol. The first kappa shape index (κ1) is 15.4. The summed E-state index contributed by atoms with van der Waals surface area (Å²) in [5.41, 5.74) is -0.233.